The van der Waals surface area contributed by atoms with Crippen LogP contribution in [0.3, 0.4) is 0 Å². The number of halogens is 3. The van der Waals surface area contributed by atoms with E-state index in [0.717, 1.165) is 11.1 Å². The fourth-order valence-corrected chi connectivity index (χ4v) is 2.45. The van der Waals surface area contributed by atoms with Crippen LogP contribution in [0.15, 0.2) is 36.4 Å². The molecule has 20 heavy (non-hydrogen) atoms. The van der Waals surface area contributed by atoms with Gasteiger partial charge in [0.05, 0.1) is 5.69 Å². The van der Waals surface area contributed by atoms with Crippen LogP contribution in [0.2, 0.25) is 0 Å². The fourth-order valence-electron chi connectivity index (χ4n) is 2.15. The highest BCUT2D eigenvalue weighted by Crippen LogP contribution is 2.43. The number of nitrogens with one attached hydrogen (secondary N) is 1. The van der Waals surface area contributed by atoms with Crippen LogP contribution in [0.25, 0.3) is 0 Å². The first-order valence-electron chi connectivity index (χ1n) is 6.15. The Hall–Kier alpha value is -1.81. The highest BCUT2D eigenvalue weighted by atomic mass is 35.5. The van der Waals surface area contributed by atoms with Crippen LogP contribution < -0.4 is 10.1 Å². The number of benzene rings is 2. The summed E-state index contributed by atoms with van der Waals surface area (Å²) < 4.78 is 31.3. The minimum Gasteiger partial charge on any atom is -0.455 e. The SMILES string of the molecule is Cc1ccc2c(c1)Oc1cc(C(F)F)ccc1NC2Cl. The van der Waals surface area contributed by atoms with Crippen LogP contribution in [0, 0.1) is 6.92 Å². The molecule has 0 saturated carbocycles. The number of rotatable bonds is 1. The number of hydrogen-bond acceptors (Lipinski definition) is 2. The number of ether oxygens (including phenoxy) is 1. The Kier molecular flexibility index (Phi) is 3.26. The third-order valence-corrected chi connectivity index (χ3v) is 3.55. The summed E-state index contributed by atoms with van der Waals surface area (Å²) in [6.07, 6.45) is -2.53. The van der Waals surface area contributed by atoms with Gasteiger partial charge in [-0.1, -0.05) is 29.8 Å². The van der Waals surface area contributed by atoms with E-state index in [1.165, 1.54) is 12.1 Å². The predicted molar refractivity (Wildman–Crippen MR) is 74.9 cm³/mol. The molecule has 0 bridgehead atoms. The lowest BCUT2D eigenvalue weighted by Crippen LogP contribution is -2.02. The van der Waals surface area contributed by atoms with Crippen molar-refractivity contribution in [2.24, 2.45) is 0 Å². The Morgan fingerprint density at radius 2 is 1.95 bits per heavy atom. The second kappa shape index (κ2) is 4.94. The van der Waals surface area contributed by atoms with Crippen LogP contribution >= 0.6 is 11.6 Å². The van der Waals surface area contributed by atoms with E-state index in [1.54, 1.807) is 6.07 Å². The number of alkyl halides is 3. The molecule has 1 N–H and O–H groups in total. The summed E-state index contributed by atoms with van der Waals surface area (Å²) >= 11 is 6.29. The van der Waals surface area contributed by atoms with Gasteiger partial charge < -0.3 is 10.1 Å². The molecule has 1 aliphatic heterocycles. The van der Waals surface area contributed by atoms with Crippen molar-refractivity contribution in [1.82, 2.24) is 0 Å². The van der Waals surface area contributed by atoms with Crippen molar-refractivity contribution in [2.45, 2.75) is 18.9 Å². The second-order valence-corrected chi connectivity index (χ2v) is 5.14. The number of hydrogen-bond donors (Lipinski definition) is 1. The summed E-state index contributed by atoms with van der Waals surface area (Å²) in [5.74, 6) is 0.945. The van der Waals surface area contributed by atoms with Gasteiger partial charge in [-0.25, -0.2) is 8.78 Å². The largest absolute Gasteiger partial charge is 0.455 e. The molecule has 0 fully saturated rings. The quantitative estimate of drug-likeness (QED) is 0.563. The van der Waals surface area contributed by atoms with Crippen LogP contribution in [0.5, 0.6) is 11.5 Å². The lowest BCUT2D eigenvalue weighted by atomic mass is 10.1. The first-order chi connectivity index (χ1) is 9.54. The smallest absolute Gasteiger partial charge is 0.263 e. The predicted octanol–water partition coefficient (Wildman–Crippen LogP) is 5.39. The van der Waals surface area contributed by atoms with E-state index in [0.29, 0.717) is 17.2 Å². The van der Waals surface area contributed by atoms with E-state index in [-0.39, 0.29) is 5.56 Å². The van der Waals surface area contributed by atoms with E-state index in [1.807, 2.05) is 25.1 Å². The van der Waals surface area contributed by atoms with Crippen LogP contribution in [0.1, 0.15) is 28.6 Å². The van der Waals surface area contributed by atoms with E-state index in [2.05, 4.69) is 5.32 Å². The van der Waals surface area contributed by atoms with Gasteiger partial charge in [-0.2, -0.15) is 0 Å². The van der Waals surface area contributed by atoms with Crippen molar-refractivity contribution in [3.63, 3.8) is 0 Å². The van der Waals surface area contributed by atoms with Crippen molar-refractivity contribution in [3.8, 4) is 11.5 Å². The number of anilines is 1. The molecular weight excluding hydrogens is 284 g/mol. The zero-order valence-electron chi connectivity index (χ0n) is 10.7. The van der Waals surface area contributed by atoms with E-state index in [4.69, 9.17) is 16.3 Å². The standard InChI is InChI=1S/C15H12ClF2NO/c1-8-2-4-10-12(6-8)20-13-7-9(15(17)18)3-5-11(13)19-14(10)16/h2-7,14-15,19H,1H3. The van der Waals surface area contributed by atoms with Crippen LogP contribution in [-0.2, 0) is 0 Å². The molecule has 2 aromatic carbocycles. The average molecular weight is 296 g/mol. The Labute approximate surface area is 120 Å². The van der Waals surface area contributed by atoms with Crippen LogP contribution in [-0.4, -0.2) is 0 Å². The summed E-state index contributed by atoms with van der Waals surface area (Å²) in [6.45, 7) is 1.93. The Morgan fingerprint density at radius 3 is 2.70 bits per heavy atom. The zero-order valence-corrected chi connectivity index (χ0v) is 11.4. The zero-order chi connectivity index (χ0) is 14.3. The molecule has 3 rings (SSSR count). The molecule has 104 valence electrons. The molecular formula is C15H12ClF2NO. The maximum Gasteiger partial charge on any atom is 0.263 e. The molecule has 1 atom stereocenters. The van der Waals surface area contributed by atoms with Gasteiger partial charge in [-0.05, 0) is 30.7 Å². The van der Waals surface area contributed by atoms with Crippen molar-refractivity contribution in [3.05, 3.63) is 53.1 Å². The maximum atomic E-state index is 12.8. The van der Waals surface area contributed by atoms with Gasteiger partial charge in [0.2, 0.25) is 0 Å². The lowest BCUT2D eigenvalue weighted by molar-refractivity contribution is 0.151. The molecule has 1 unspecified atom stereocenters. The fraction of sp³-hybridized carbons (Fsp3) is 0.200. The summed E-state index contributed by atoms with van der Waals surface area (Å²) in [5.41, 5.74) is 1.86. The van der Waals surface area contributed by atoms with Gasteiger partial charge in [0.1, 0.15) is 11.3 Å². The third-order valence-electron chi connectivity index (χ3n) is 3.20. The van der Waals surface area contributed by atoms with E-state index < -0.39 is 11.9 Å². The molecule has 1 aliphatic rings. The molecule has 0 radical (unpaired) electrons. The monoisotopic (exact) mass is 295 g/mol. The topological polar surface area (TPSA) is 21.3 Å². The number of aryl methyl sites for hydroxylation is 1. The molecule has 0 spiro atoms. The minimum atomic E-state index is -2.53. The second-order valence-electron chi connectivity index (χ2n) is 4.71. The summed E-state index contributed by atoms with van der Waals surface area (Å²) in [6, 6.07) is 9.91. The van der Waals surface area contributed by atoms with Gasteiger partial charge in [0.15, 0.2) is 5.75 Å². The van der Waals surface area contributed by atoms with E-state index in [9.17, 15) is 8.78 Å². The van der Waals surface area contributed by atoms with Gasteiger partial charge >= 0.3 is 0 Å². The lowest BCUT2D eigenvalue weighted by Gasteiger charge is -2.11. The summed E-state index contributed by atoms with van der Waals surface area (Å²) in [7, 11) is 0. The van der Waals surface area contributed by atoms with Gasteiger partial charge in [-0.15, -0.1) is 0 Å². The molecule has 2 nitrogen and oxygen atoms in total. The van der Waals surface area contributed by atoms with Crippen molar-refractivity contribution in [1.29, 1.82) is 0 Å². The highest BCUT2D eigenvalue weighted by molar-refractivity contribution is 6.22. The Bertz CT molecular complexity index is 660. The van der Waals surface area contributed by atoms with Gasteiger partial charge in [-0.3, -0.25) is 0 Å². The number of fused-ring (bicyclic) bond motifs is 2. The molecule has 5 heteroatoms. The highest BCUT2D eigenvalue weighted by Gasteiger charge is 2.22. The first-order valence-corrected chi connectivity index (χ1v) is 6.59. The van der Waals surface area contributed by atoms with Gasteiger partial charge in [0.25, 0.3) is 6.43 Å². The molecule has 1 heterocycles. The molecule has 0 aliphatic carbocycles. The van der Waals surface area contributed by atoms with Crippen LogP contribution in [0.4, 0.5) is 14.5 Å². The summed E-state index contributed by atoms with van der Waals surface area (Å²) in [5, 5.41) is 3.06. The third kappa shape index (κ3) is 2.31. The first kappa shape index (κ1) is 13.2. The molecule has 2 aromatic rings. The Morgan fingerprint density at radius 1 is 1.15 bits per heavy atom. The van der Waals surface area contributed by atoms with Crippen molar-refractivity contribution < 1.29 is 13.5 Å². The Balaban J connectivity index is 2.10. The van der Waals surface area contributed by atoms with Crippen molar-refractivity contribution >= 4 is 17.3 Å². The molecule has 0 saturated heterocycles. The normalized spacial score (nSPS) is 16.8. The van der Waals surface area contributed by atoms with Crippen molar-refractivity contribution in [2.75, 3.05) is 5.32 Å². The molecule has 0 aromatic heterocycles. The van der Waals surface area contributed by atoms with Gasteiger partial charge in [0, 0.05) is 11.1 Å². The molecule has 0 amide bonds. The van der Waals surface area contributed by atoms with E-state index >= 15 is 0 Å². The average Bonchev–Trinajstić information content (AvgIpc) is 2.53. The maximum absolute atomic E-state index is 12.8. The summed E-state index contributed by atoms with van der Waals surface area (Å²) in [4.78, 5) is 0. The minimum absolute atomic E-state index is 0.0761.